The molecule has 2 unspecified atom stereocenters. The first kappa shape index (κ1) is 13.7. The Morgan fingerprint density at radius 3 is 3.11 bits per heavy atom. The maximum atomic E-state index is 11.1. The lowest BCUT2D eigenvalue weighted by molar-refractivity contribution is -0.383. The van der Waals surface area contributed by atoms with Crippen molar-refractivity contribution < 1.29 is 14.8 Å². The highest BCUT2D eigenvalue weighted by Crippen LogP contribution is 2.40. The zero-order valence-corrected chi connectivity index (χ0v) is 11.1. The van der Waals surface area contributed by atoms with E-state index < -0.39 is 17.1 Å². The van der Waals surface area contributed by atoms with Gasteiger partial charge in [0.25, 0.3) is 0 Å². The van der Waals surface area contributed by atoms with Gasteiger partial charge in [-0.05, 0) is 6.92 Å². The number of nitrogens with zero attached hydrogens (tertiary/aromatic N) is 3. The fourth-order valence-electron chi connectivity index (χ4n) is 1.86. The monoisotopic (exact) mass is 283 g/mol. The summed E-state index contributed by atoms with van der Waals surface area (Å²) in [7, 11) is 0. The minimum absolute atomic E-state index is 0.0283. The Morgan fingerprint density at radius 1 is 1.79 bits per heavy atom. The van der Waals surface area contributed by atoms with Crippen molar-refractivity contribution in [1.82, 2.24) is 0 Å². The molecule has 0 amide bonds. The summed E-state index contributed by atoms with van der Waals surface area (Å²) in [4.78, 5) is 12.9. The average Bonchev–Trinajstić information content (AvgIpc) is 2.84. The first-order valence-electron chi connectivity index (χ1n) is 5.75. The van der Waals surface area contributed by atoms with Gasteiger partial charge in [-0.2, -0.15) is 5.26 Å². The van der Waals surface area contributed by atoms with E-state index in [1.54, 1.807) is 11.8 Å². The maximum absolute atomic E-state index is 11.1. The van der Waals surface area contributed by atoms with Crippen molar-refractivity contribution in [1.29, 1.82) is 5.26 Å². The molecule has 0 aliphatic carbocycles. The molecule has 1 saturated heterocycles. The second kappa shape index (κ2) is 5.52. The highest BCUT2D eigenvalue weighted by Gasteiger charge is 2.29. The highest BCUT2D eigenvalue weighted by atomic mass is 32.1. The molecule has 102 valence electrons. The molecular formula is C11H13N3O4S. The number of hydrogen-bond acceptors (Lipinski definition) is 7. The lowest BCUT2D eigenvalue weighted by atomic mass is 10.3. The van der Waals surface area contributed by atoms with Crippen LogP contribution in [0, 0.1) is 21.4 Å². The fourth-order valence-corrected chi connectivity index (χ4v) is 2.96. The van der Waals surface area contributed by atoms with Gasteiger partial charge in [0.05, 0.1) is 30.2 Å². The molecule has 0 bridgehead atoms. The van der Waals surface area contributed by atoms with Crippen LogP contribution in [0.3, 0.4) is 0 Å². The second-order valence-electron chi connectivity index (χ2n) is 4.21. The van der Waals surface area contributed by atoms with E-state index in [0.29, 0.717) is 29.6 Å². The van der Waals surface area contributed by atoms with Crippen LogP contribution in [0.25, 0.3) is 0 Å². The van der Waals surface area contributed by atoms with Gasteiger partial charge in [-0.1, -0.05) is 0 Å². The van der Waals surface area contributed by atoms with Gasteiger partial charge in [-0.25, -0.2) is 0 Å². The van der Waals surface area contributed by atoms with E-state index in [1.165, 1.54) is 17.4 Å². The van der Waals surface area contributed by atoms with Crippen LogP contribution in [-0.4, -0.2) is 35.8 Å². The molecule has 19 heavy (non-hydrogen) atoms. The van der Waals surface area contributed by atoms with Crippen LogP contribution in [0.15, 0.2) is 6.07 Å². The quantitative estimate of drug-likeness (QED) is 0.665. The number of rotatable bonds is 3. The van der Waals surface area contributed by atoms with E-state index >= 15 is 0 Å². The molecule has 1 aromatic heterocycles. The van der Waals surface area contributed by atoms with E-state index in [2.05, 4.69) is 0 Å². The number of anilines is 1. The van der Waals surface area contributed by atoms with Gasteiger partial charge in [-0.15, -0.1) is 11.3 Å². The molecule has 1 aromatic rings. The normalized spacial score (nSPS) is 20.9. The fraction of sp³-hybridized carbons (Fsp3) is 0.545. The molecular weight excluding hydrogens is 270 g/mol. The third-order valence-electron chi connectivity index (χ3n) is 2.82. The smallest absolute Gasteiger partial charge is 0.304 e. The van der Waals surface area contributed by atoms with Crippen molar-refractivity contribution in [2.45, 2.75) is 19.1 Å². The van der Waals surface area contributed by atoms with Crippen molar-refractivity contribution in [3.63, 3.8) is 0 Å². The predicted octanol–water partition coefficient (Wildman–Crippen LogP) is 1.44. The minimum atomic E-state index is -0.745. The average molecular weight is 283 g/mol. The largest absolute Gasteiger partial charge is 0.388 e. The Labute approximate surface area is 113 Å². The molecule has 2 heterocycles. The Kier molecular flexibility index (Phi) is 3.99. The molecule has 1 aliphatic heterocycles. The third-order valence-corrected chi connectivity index (χ3v) is 4.17. The molecule has 2 rings (SSSR count). The zero-order chi connectivity index (χ0) is 14.0. The molecule has 1 aliphatic rings. The second-order valence-corrected chi connectivity index (χ2v) is 5.27. The van der Waals surface area contributed by atoms with Crippen molar-refractivity contribution in [3.05, 3.63) is 21.1 Å². The van der Waals surface area contributed by atoms with Gasteiger partial charge in [0, 0.05) is 17.5 Å². The summed E-state index contributed by atoms with van der Waals surface area (Å²) in [5, 5.41) is 29.9. The molecule has 0 saturated carbocycles. The van der Waals surface area contributed by atoms with Crippen LogP contribution < -0.4 is 4.90 Å². The number of nitro groups is 1. The summed E-state index contributed by atoms with van der Waals surface area (Å²) >= 11 is 1.18. The molecule has 8 heteroatoms. The van der Waals surface area contributed by atoms with Gasteiger partial charge in [0.15, 0.2) is 11.1 Å². The zero-order valence-electron chi connectivity index (χ0n) is 10.3. The molecule has 1 N–H and O–H groups in total. The predicted molar refractivity (Wildman–Crippen MR) is 69.2 cm³/mol. The minimum Gasteiger partial charge on any atom is -0.388 e. The molecule has 0 spiro atoms. The lowest BCUT2D eigenvalue weighted by Gasteiger charge is -2.29. The van der Waals surface area contributed by atoms with E-state index in [1.807, 2.05) is 6.07 Å². The summed E-state index contributed by atoms with van der Waals surface area (Å²) in [5.41, 5.74) is -0.0283. The summed E-state index contributed by atoms with van der Waals surface area (Å²) < 4.78 is 5.22. The van der Waals surface area contributed by atoms with Crippen LogP contribution in [-0.2, 0) is 4.74 Å². The Hall–Kier alpha value is -1.69. The van der Waals surface area contributed by atoms with Gasteiger partial charge in [-0.3, -0.25) is 10.1 Å². The van der Waals surface area contributed by atoms with Crippen LogP contribution in [0.4, 0.5) is 10.7 Å². The van der Waals surface area contributed by atoms with E-state index in [9.17, 15) is 15.2 Å². The molecule has 2 atom stereocenters. The standard InChI is InChI=1S/C11H13N3O4S/c1-7(15)10-4-9(14(16)17)11(19-10)13-2-3-18-8(5-12)6-13/h4,7-8,15H,2-3,6H2,1H3. The Bertz CT molecular complexity index is 523. The summed E-state index contributed by atoms with van der Waals surface area (Å²) in [6.07, 6.45) is -1.32. The van der Waals surface area contributed by atoms with E-state index in [4.69, 9.17) is 10.00 Å². The summed E-state index contributed by atoms with van der Waals surface area (Å²) in [5.74, 6) is 0. The number of thiophene rings is 1. The third kappa shape index (κ3) is 2.84. The molecule has 0 radical (unpaired) electrons. The summed E-state index contributed by atoms with van der Waals surface area (Å²) in [6.45, 7) is 2.73. The lowest BCUT2D eigenvalue weighted by Crippen LogP contribution is -2.41. The van der Waals surface area contributed by atoms with Crippen LogP contribution in [0.1, 0.15) is 17.9 Å². The van der Waals surface area contributed by atoms with Crippen LogP contribution in [0.5, 0.6) is 0 Å². The SMILES string of the molecule is CC(O)c1cc([N+](=O)[O-])c(N2CCOC(C#N)C2)s1. The first-order chi connectivity index (χ1) is 9.02. The molecule has 7 nitrogen and oxygen atoms in total. The number of aliphatic hydroxyl groups is 1. The summed E-state index contributed by atoms with van der Waals surface area (Å²) in [6, 6.07) is 3.39. The Morgan fingerprint density at radius 2 is 2.53 bits per heavy atom. The number of nitriles is 1. The van der Waals surface area contributed by atoms with Gasteiger partial charge < -0.3 is 14.7 Å². The van der Waals surface area contributed by atoms with Crippen molar-refractivity contribution in [3.8, 4) is 6.07 Å². The Balaban J connectivity index is 2.32. The van der Waals surface area contributed by atoms with E-state index in [-0.39, 0.29) is 5.69 Å². The number of ether oxygens (including phenoxy) is 1. The topological polar surface area (TPSA) is 99.6 Å². The van der Waals surface area contributed by atoms with Crippen LogP contribution in [0.2, 0.25) is 0 Å². The van der Waals surface area contributed by atoms with Crippen LogP contribution >= 0.6 is 11.3 Å². The molecule has 0 aromatic carbocycles. The number of aliphatic hydroxyl groups excluding tert-OH is 1. The highest BCUT2D eigenvalue weighted by molar-refractivity contribution is 7.16. The van der Waals surface area contributed by atoms with Crippen molar-refractivity contribution in [2.75, 3.05) is 24.6 Å². The first-order valence-corrected chi connectivity index (χ1v) is 6.57. The van der Waals surface area contributed by atoms with E-state index in [0.717, 1.165) is 0 Å². The number of morpholine rings is 1. The van der Waals surface area contributed by atoms with Gasteiger partial charge in [0.2, 0.25) is 0 Å². The van der Waals surface area contributed by atoms with Gasteiger partial charge in [0.1, 0.15) is 0 Å². The van der Waals surface area contributed by atoms with Crippen molar-refractivity contribution >= 4 is 22.0 Å². The van der Waals surface area contributed by atoms with Gasteiger partial charge >= 0.3 is 5.69 Å². The van der Waals surface area contributed by atoms with Crippen molar-refractivity contribution in [2.24, 2.45) is 0 Å². The maximum Gasteiger partial charge on any atom is 0.304 e. The number of hydrogen-bond donors (Lipinski definition) is 1. The molecule has 1 fully saturated rings.